The lowest BCUT2D eigenvalue weighted by molar-refractivity contribution is 0.126. The summed E-state index contributed by atoms with van der Waals surface area (Å²) in [5, 5.41) is 0. The highest BCUT2D eigenvalue weighted by Crippen LogP contribution is 1.99. The van der Waals surface area contributed by atoms with E-state index >= 15 is 0 Å². The Balaban J connectivity index is 4.14. The van der Waals surface area contributed by atoms with Crippen molar-refractivity contribution in [2.45, 2.75) is 6.43 Å². The Hall–Kier alpha value is -0.270. The summed E-state index contributed by atoms with van der Waals surface area (Å²) >= 11 is 0. The summed E-state index contributed by atoms with van der Waals surface area (Å²) < 4.78 is 47.1. The quantitative estimate of drug-likeness (QED) is 0.655. The Kier molecular flexibility index (Phi) is 3.84. The minimum absolute atomic E-state index is 0.553. The number of hydrogen-bond donors (Lipinski definition) is 1. The van der Waals surface area contributed by atoms with Gasteiger partial charge in [-0.15, -0.1) is 0 Å². The molecule has 68 valence electrons. The first kappa shape index (κ1) is 10.7. The maximum absolute atomic E-state index is 11.6. The van der Waals surface area contributed by atoms with Crippen LogP contribution in [0.1, 0.15) is 0 Å². The fourth-order valence-corrected chi connectivity index (χ4v) is 1.07. The lowest BCUT2D eigenvalue weighted by Gasteiger charge is -2.14. The van der Waals surface area contributed by atoms with Crippen molar-refractivity contribution in [1.29, 1.82) is 0 Å². The molecule has 1 N–H and O–H groups in total. The van der Waals surface area contributed by atoms with Crippen molar-refractivity contribution in [3.05, 3.63) is 0 Å². The third kappa shape index (κ3) is 3.59. The summed E-state index contributed by atoms with van der Waals surface area (Å²) in [6, 6.07) is 0. The molecule has 0 saturated carbocycles. The molecule has 0 aromatic heterocycles. The van der Waals surface area contributed by atoms with Crippen LogP contribution < -0.4 is 4.72 Å². The first-order valence-electron chi connectivity index (χ1n) is 2.83. The van der Waals surface area contributed by atoms with Crippen molar-refractivity contribution < 1.29 is 17.2 Å². The van der Waals surface area contributed by atoms with Crippen LogP contribution in [0.4, 0.5) is 8.78 Å². The van der Waals surface area contributed by atoms with Crippen LogP contribution in [0, 0.1) is 0 Å². The Morgan fingerprint density at radius 1 is 1.55 bits per heavy atom. The highest BCUT2D eigenvalue weighted by atomic mass is 32.2. The fraction of sp³-hybridized carbons (Fsp3) is 1.00. The van der Waals surface area contributed by atoms with Gasteiger partial charge in [0.2, 0.25) is 0 Å². The van der Waals surface area contributed by atoms with Crippen LogP contribution in [-0.2, 0) is 10.2 Å². The van der Waals surface area contributed by atoms with E-state index in [2.05, 4.69) is 0 Å². The fourth-order valence-electron chi connectivity index (χ4n) is 0.448. The van der Waals surface area contributed by atoms with Crippen LogP contribution in [0.3, 0.4) is 0 Å². The van der Waals surface area contributed by atoms with Gasteiger partial charge in [0.25, 0.3) is 16.6 Å². The normalized spacial score (nSPS) is 12.9. The molecule has 7 heteroatoms. The second-order valence-electron chi connectivity index (χ2n) is 1.88. The maximum Gasteiger partial charge on any atom is 0.279 e. The second kappa shape index (κ2) is 3.93. The van der Waals surface area contributed by atoms with Gasteiger partial charge in [0.05, 0.1) is 6.54 Å². The van der Waals surface area contributed by atoms with Crippen LogP contribution >= 0.6 is 0 Å². The molecule has 0 aliphatic carbocycles. The zero-order valence-corrected chi connectivity index (χ0v) is 7.03. The SMILES string of the molecule is CNS(=O)(=O)N(C)CC(F)F. The molecule has 0 rings (SSSR count). The number of nitrogens with one attached hydrogen (secondary N) is 1. The molecular weight excluding hydrogens is 178 g/mol. The van der Waals surface area contributed by atoms with Crippen LogP contribution in [0.5, 0.6) is 0 Å². The molecule has 0 unspecified atom stereocenters. The van der Waals surface area contributed by atoms with E-state index < -0.39 is 23.2 Å². The largest absolute Gasteiger partial charge is 0.279 e. The second-order valence-corrected chi connectivity index (χ2v) is 3.86. The van der Waals surface area contributed by atoms with Gasteiger partial charge in [-0.25, -0.2) is 13.5 Å². The number of hydrogen-bond acceptors (Lipinski definition) is 2. The monoisotopic (exact) mass is 188 g/mol. The van der Waals surface area contributed by atoms with E-state index in [4.69, 9.17) is 0 Å². The van der Waals surface area contributed by atoms with Crippen LogP contribution in [0.2, 0.25) is 0 Å². The van der Waals surface area contributed by atoms with Crippen molar-refractivity contribution in [2.24, 2.45) is 0 Å². The van der Waals surface area contributed by atoms with E-state index in [1.165, 1.54) is 0 Å². The van der Waals surface area contributed by atoms with Crippen molar-refractivity contribution >= 4 is 10.2 Å². The number of alkyl halides is 2. The van der Waals surface area contributed by atoms with Crippen LogP contribution in [0.15, 0.2) is 0 Å². The molecule has 0 saturated heterocycles. The summed E-state index contributed by atoms with van der Waals surface area (Å²) in [6.45, 7) is -0.789. The molecule has 0 radical (unpaired) electrons. The van der Waals surface area contributed by atoms with E-state index in [-0.39, 0.29) is 0 Å². The van der Waals surface area contributed by atoms with Gasteiger partial charge in [-0.3, -0.25) is 0 Å². The van der Waals surface area contributed by atoms with Crippen molar-refractivity contribution in [2.75, 3.05) is 20.6 Å². The molecule has 0 aliphatic rings. The molecule has 0 atom stereocenters. The summed E-state index contributed by atoms with van der Waals surface area (Å²) in [5.74, 6) is 0. The van der Waals surface area contributed by atoms with Gasteiger partial charge in [0.1, 0.15) is 0 Å². The molecule has 11 heavy (non-hydrogen) atoms. The molecule has 0 bridgehead atoms. The van der Waals surface area contributed by atoms with E-state index in [0.717, 1.165) is 14.1 Å². The van der Waals surface area contributed by atoms with E-state index in [1.54, 1.807) is 0 Å². The van der Waals surface area contributed by atoms with Crippen LogP contribution in [-0.4, -0.2) is 39.8 Å². The van der Waals surface area contributed by atoms with Gasteiger partial charge in [-0.05, 0) is 0 Å². The molecule has 0 fully saturated rings. The molecular formula is C4H10F2N2O2S. The maximum atomic E-state index is 11.6. The standard InChI is InChI=1S/C4H10F2N2O2S/c1-7-11(9,10)8(2)3-4(5)6/h4,7H,3H2,1-2H3. The van der Waals surface area contributed by atoms with Crippen LogP contribution in [0.25, 0.3) is 0 Å². The molecule has 0 amide bonds. The lowest BCUT2D eigenvalue weighted by Crippen LogP contribution is -2.38. The van der Waals surface area contributed by atoms with E-state index in [1.807, 2.05) is 4.72 Å². The average Bonchev–Trinajstić information content (AvgIpc) is 1.86. The third-order valence-corrected chi connectivity index (χ3v) is 2.55. The predicted octanol–water partition coefficient (Wildman–Crippen LogP) is -0.352. The molecule has 0 spiro atoms. The van der Waals surface area contributed by atoms with E-state index in [9.17, 15) is 17.2 Å². The summed E-state index contributed by atoms with van der Waals surface area (Å²) in [4.78, 5) is 0. The highest BCUT2D eigenvalue weighted by molar-refractivity contribution is 7.87. The van der Waals surface area contributed by atoms with Gasteiger partial charge in [-0.1, -0.05) is 0 Å². The van der Waals surface area contributed by atoms with Gasteiger partial charge in [0.15, 0.2) is 0 Å². The number of rotatable bonds is 4. The molecule has 4 nitrogen and oxygen atoms in total. The summed E-state index contributed by atoms with van der Waals surface area (Å²) in [5.41, 5.74) is 0. The van der Waals surface area contributed by atoms with E-state index in [0.29, 0.717) is 4.31 Å². The minimum atomic E-state index is -3.69. The zero-order chi connectivity index (χ0) is 9.07. The lowest BCUT2D eigenvalue weighted by atomic mass is 10.7. The minimum Gasteiger partial charge on any atom is -0.209 e. The van der Waals surface area contributed by atoms with Gasteiger partial charge in [-0.2, -0.15) is 12.7 Å². The van der Waals surface area contributed by atoms with Gasteiger partial charge in [0, 0.05) is 14.1 Å². The molecule has 0 heterocycles. The van der Waals surface area contributed by atoms with Gasteiger partial charge < -0.3 is 0 Å². The highest BCUT2D eigenvalue weighted by Gasteiger charge is 2.18. The predicted molar refractivity (Wildman–Crippen MR) is 36.6 cm³/mol. The zero-order valence-electron chi connectivity index (χ0n) is 6.21. The summed E-state index contributed by atoms with van der Waals surface area (Å²) in [7, 11) is -1.44. The molecule has 0 aromatic carbocycles. The topological polar surface area (TPSA) is 49.4 Å². The Morgan fingerprint density at radius 3 is 2.27 bits per heavy atom. The van der Waals surface area contributed by atoms with Gasteiger partial charge >= 0.3 is 0 Å². The Morgan fingerprint density at radius 2 is 2.00 bits per heavy atom. The average molecular weight is 188 g/mol. The molecule has 0 aliphatic heterocycles. The first-order chi connectivity index (χ1) is 4.90. The first-order valence-corrected chi connectivity index (χ1v) is 4.27. The smallest absolute Gasteiger partial charge is 0.209 e. The number of nitrogens with zero attached hydrogens (tertiary/aromatic N) is 1. The van der Waals surface area contributed by atoms with Crippen molar-refractivity contribution in [1.82, 2.24) is 9.03 Å². The Labute approximate surface area is 64.4 Å². The Bertz CT molecular complexity index is 204. The third-order valence-electron chi connectivity index (χ3n) is 1.06. The molecule has 0 aromatic rings. The summed E-state index contributed by atoms with van der Waals surface area (Å²) in [6.07, 6.45) is -2.65. The number of halogens is 2. The van der Waals surface area contributed by atoms with Crippen molar-refractivity contribution in [3.8, 4) is 0 Å². The van der Waals surface area contributed by atoms with Crippen molar-refractivity contribution in [3.63, 3.8) is 0 Å².